The maximum atomic E-state index is 12.0. The van der Waals surface area contributed by atoms with Crippen LogP contribution in [-0.4, -0.2) is 18.4 Å². The highest BCUT2D eigenvalue weighted by Gasteiger charge is 2.29. The molecule has 1 fully saturated rings. The van der Waals surface area contributed by atoms with E-state index >= 15 is 0 Å². The number of carbonyl (C=O) groups excluding carboxylic acids is 1. The van der Waals surface area contributed by atoms with Crippen LogP contribution in [-0.2, 0) is 4.79 Å². The molecule has 0 radical (unpaired) electrons. The molecule has 0 aromatic rings. The minimum absolute atomic E-state index is 0.199. The van der Waals surface area contributed by atoms with Crippen LogP contribution in [0.4, 0.5) is 0 Å². The van der Waals surface area contributed by atoms with Crippen LogP contribution in [0.1, 0.15) is 39.5 Å². The summed E-state index contributed by atoms with van der Waals surface area (Å²) in [5, 5.41) is 0. The van der Waals surface area contributed by atoms with Crippen LogP contribution in [0.2, 0.25) is 0 Å². The standard InChI is InChI=1S/C12H24N2O/c1-8(2)11(14)12(15)10-5-3-9(7-13)4-6-10/h8-11H,3-7,13-14H2,1-2H3/t9?,10?,11-/m0/s1. The highest BCUT2D eigenvalue weighted by atomic mass is 16.1. The summed E-state index contributed by atoms with van der Waals surface area (Å²) in [4.78, 5) is 12.0. The van der Waals surface area contributed by atoms with Gasteiger partial charge in [-0.3, -0.25) is 4.79 Å². The third-order valence-corrected chi connectivity index (χ3v) is 3.63. The van der Waals surface area contributed by atoms with Crippen molar-refractivity contribution in [2.45, 2.75) is 45.6 Å². The molecule has 3 nitrogen and oxygen atoms in total. The first-order chi connectivity index (χ1) is 7.06. The average Bonchev–Trinajstić information content (AvgIpc) is 2.27. The molecule has 1 aliphatic rings. The van der Waals surface area contributed by atoms with Gasteiger partial charge in [0, 0.05) is 5.92 Å². The Kier molecular flexibility index (Phi) is 4.74. The summed E-state index contributed by atoms with van der Waals surface area (Å²) in [5.41, 5.74) is 11.5. The SMILES string of the molecule is CC(C)[C@H](N)C(=O)C1CCC(CN)CC1. The van der Waals surface area contributed by atoms with E-state index < -0.39 is 0 Å². The van der Waals surface area contributed by atoms with E-state index in [4.69, 9.17) is 11.5 Å². The van der Waals surface area contributed by atoms with Crippen LogP contribution in [0.25, 0.3) is 0 Å². The van der Waals surface area contributed by atoms with Crippen LogP contribution in [0.5, 0.6) is 0 Å². The molecule has 1 rings (SSSR count). The van der Waals surface area contributed by atoms with Crippen molar-refractivity contribution in [2.24, 2.45) is 29.2 Å². The summed E-state index contributed by atoms with van der Waals surface area (Å²) in [6.07, 6.45) is 4.16. The molecule has 1 atom stereocenters. The first-order valence-corrected chi connectivity index (χ1v) is 6.05. The molecule has 1 aliphatic carbocycles. The number of Topliss-reactive ketones (excluding diaryl/α,β-unsaturated/α-hetero) is 1. The molecule has 0 aromatic carbocycles. The van der Waals surface area contributed by atoms with Gasteiger partial charge in [-0.2, -0.15) is 0 Å². The fraction of sp³-hybridized carbons (Fsp3) is 0.917. The van der Waals surface area contributed by atoms with Gasteiger partial charge in [-0.05, 0) is 44.1 Å². The molecular weight excluding hydrogens is 188 g/mol. The second-order valence-corrected chi connectivity index (χ2v) is 5.13. The Morgan fingerprint density at radius 2 is 1.80 bits per heavy atom. The molecule has 0 heterocycles. The van der Waals surface area contributed by atoms with E-state index in [2.05, 4.69) is 0 Å². The van der Waals surface area contributed by atoms with Crippen molar-refractivity contribution in [1.29, 1.82) is 0 Å². The number of hydrogen-bond donors (Lipinski definition) is 2. The smallest absolute Gasteiger partial charge is 0.152 e. The first kappa shape index (κ1) is 12.7. The number of ketones is 1. The Morgan fingerprint density at radius 1 is 1.27 bits per heavy atom. The highest BCUT2D eigenvalue weighted by Crippen LogP contribution is 2.29. The third kappa shape index (κ3) is 3.28. The molecule has 4 N–H and O–H groups in total. The molecule has 0 aromatic heterocycles. The van der Waals surface area contributed by atoms with Gasteiger partial charge in [0.15, 0.2) is 5.78 Å². The van der Waals surface area contributed by atoms with Crippen molar-refractivity contribution >= 4 is 5.78 Å². The lowest BCUT2D eigenvalue weighted by atomic mass is 9.77. The summed E-state index contributed by atoms with van der Waals surface area (Å²) in [6.45, 7) is 4.78. The van der Waals surface area contributed by atoms with Crippen molar-refractivity contribution in [2.75, 3.05) is 6.54 Å². The van der Waals surface area contributed by atoms with E-state index in [0.717, 1.165) is 32.2 Å². The minimum atomic E-state index is -0.274. The zero-order valence-corrected chi connectivity index (χ0v) is 9.91. The lowest BCUT2D eigenvalue weighted by molar-refractivity contribution is -0.126. The molecule has 0 aliphatic heterocycles. The Hall–Kier alpha value is -0.410. The predicted octanol–water partition coefficient (Wildman–Crippen LogP) is 1.30. The van der Waals surface area contributed by atoms with Crippen molar-refractivity contribution in [1.82, 2.24) is 0 Å². The van der Waals surface area contributed by atoms with Gasteiger partial charge in [-0.1, -0.05) is 13.8 Å². The largest absolute Gasteiger partial charge is 0.330 e. The van der Waals surface area contributed by atoms with Gasteiger partial charge in [0.05, 0.1) is 6.04 Å². The molecule has 15 heavy (non-hydrogen) atoms. The Bertz CT molecular complexity index is 208. The topological polar surface area (TPSA) is 69.1 Å². The number of carbonyl (C=O) groups is 1. The van der Waals surface area contributed by atoms with E-state index in [1.54, 1.807) is 0 Å². The first-order valence-electron chi connectivity index (χ1n) is 6.05. The van der Waals surface area contributed by atoms with Crippen molar-refractivity contribution in [3.63, 3.8) is 0 Å². The fourth-order valence-corrected chi connectivity index (χ4v) is 2.28. The lowest BCUT2D eigenvalue weighted by Gasteiger charge is -2.29. The van der Waals surface area contributed by atoms with Crippen molar-refractivity contribution in [3.05, 3.63) is 0 Å². The lowest BCUT2D eigenvalue weighted by Crippen LogP contribution is -2.41. The molecule has 0 saturated heterocycles. The van der Waals surface area contributed by atoms with E-state index in [9.17, 15) is 4.79 Å². The van der Waals surface area contributed by atoms with Gasteiger partial charge in [0.25, 0.3) is 0 Å². The quantitative estimate of drug-likeness (QED) is 0.738. The van der Waals surface area contributed by atoms with Crippen molar-refractivity contribution < 1.29 is 4.79 Å². The second-order valence-electron chi connectivity index (χ2n) is 5.13. The van der Waals surface area contributed by atoms with Gasteiger partial charge in [-0.15, -0.1) is 0 Å². The van der Waals surface area contributed by atoms with Crippen LogP contribution in [0.15, 0.2) is 0 Å². The summed E-state index contributed by atoms with van der Waals surface area (Å²) in [7, 11) is 0. The molecule has 1 saturated carbocycles. The Balaban J connectivity index is 2.42. The van der Waals surface area contributed by atoms with Crippen LogP contribution in [0, 0.1) is 17.8 Å². The Labute approximate surface area is 92.6 Å². The normalized spacial score (nSPS) is 29.1. The van der Waals surface area contributed by atoms with E-state index in [-0.39, 0.29) is 23.7 Å². The van der Waals surface area contributed by atoms with Crippen molar-refractivity contribution in [3.8, 4) is 0 Å². The molecule has 0 bridgehead atoms. The van der Waals surface area contributed by atoms with Crippen LogP contribution >= 0.6 is 0 Å². The third-order valence-electron chi connectivity index (χ3n) is 3.63. The monoisotopic (exact) mass is 212 g/mol. The summed E-state index contributed by atoms with van der Waals surface area (Å²) in [5.74, 6) is 1.35. The van der Waals surface area contributed by atoms with Gasteiger partial charge in [0.1, 0.15) is 0 Å². The maximum absolute atomic E-state index is 12.0. The predicted molar refractivity (Wildman–Crippen MR) is 62.3 cm³/mol. The molecular formula is C12H24N2O. The number of hydrogen-bond acceptors (Lipinski definition) is 3. The molecule has 0 amide bonds. The summed E-state index contributed by atoms with van der Waals surface area (Å²) in [6, 6.07) is -0.274. The molecule has 0 unspecified atom stereocenters. The summed E-state index contributed by atoms with van der Waals surface area (Å²) >= 11 is 0. The van der Waals surface area contributed by atoms with Crippen LogP contribution in [0.3, 0.4) is 0 Å². The zero-order chi connectivity index (χ0) is 11.4. The van der Waals surface area contributed by atoms with Gasteiger partial charge in [-0.25, -0.2) is 0 Å². The zero-order valence-electron chi connectivity index (χ0n) is 9.91. The molecule has 88 valence electrons. The highest BCUT2D eigenvalue weighted by molar-refractivity contribution is 5.86. The van der Waals surface area contributed by atoms with E-state index in [1.165, 1.54) is 0 Å². The Morgan fingerprint density at radius 3 is 2.20 bits per heavy atom. The van der Waals surface area contributed by atoms with E-state index in [0.29, 0.717) is 5.92 Å². The fourth-order valence-electron chi connectivity index (χ4n) is 2.28. The summed E-state index contributed by atoms with van der Waals surface area (Å²) < 4.78 is 0. The number of nitrogens with two attached hydrogens (primary N) is 2. The molecule has 3 heteroatoms. The average molecular weight is 212 g/mol. The maximum Gasteiger partial charge on any atom is 0.152 e. The van der Waals surface area contributed by atoms with Gasteiger partial charge >= 0.3 is 0 Å². The van der Waals surface area contributed by atoms with Gasteiger partial charge < -0.3 is 11.5 Å². The van der Waals surface area contributed by atoms with Gasteiger partial charge in [0.2, 0.25) is 0 Å². The molecule has 0 spiro atoms. The second kappa shape index (κ2) is 5.61. The number of rotatable bonds is 4. The van der Waals surface area contributed by atoms with E-state index in [1.807, 2.05) is 13.8 Å². The van der Waals surface area contributed by atoms with Crippen LogP contribution < -0.4 is 11.5 Å². The minimum Gasteiger partial charge on any atom is -0.330 e.